The third-order valence-electron chi connectivity index (χ3n) is 6.55. The van der Waals surface area contributed by atoms with Crippen molar-refractivity contribution in [1.82, 2.24) is 4.90 Å². The van der Waals surface area contributed by atoms with Crippen molar-refractivity contribution in [3.8, 4) is 0 Å². The van der Waals surface area contributed by atoms with E-state index in [9.17, 15) is 9.90 Å². The van der Waals surface area contributed by atoms with E-state index < -0.39 is 5.97 Å². The molecule has 4 heteroatoms. The lowest BCUT2D eigenvalue weighted by atomic mass is 9.86. The molecule has 30 heavy (non-hydrogen) atoms. The Kier molecular flexibility index (Phi) is 7.74. The molecule has 0 saturated carbocycles. The van der Waals surface area contributed by atoms with Crippen molar-refractivity contribution < 1.29 is 9.90 Å². The molecule has 1 aliphatic heterocycles. The van der Waals surface area contributed by atoms with Gasteiger partial charge in [-0.3, -0.25) is 9.69 Å². The van der Waals surface area contributed by atoms with Crippen molar-refractivity contribution in [2.45, 2.75) is 57.9 Å². The largest absolute Gasteiger partial charge is 0.480 e. The van der Waals surface area contributed by atoms with E-state index in [1.54, 1.807) is 0 Å². The van der Waals surface area contributed by atoms with Gasteiger partial charge in [0.05, 0.1) is 0 Å². The first-order valence-electron chi connectivity index (χ1n) is 11.0. The second kappa shape index (κ2) is 10.3. The van der Waals surface area contributed by atoms with Gasteiger partial charge in [0.2, 0.25) is 0 Å². The molecule has 2 aromatic rings. The lowest BCUT2D eigenvalue weighted by Crippen LogP contribution is -2.44. The number of rotatable bonds is 5. The summed E-state index contributed by atoms with van der Waals surface area (Å²) < 4.78 is 0. The van der Waals surface area contributed by atoms with E-state index in [-0.39, 0.29) is 18.4 Å². The summed E-state index contributed by atoms with van der Waals surface area (Å²) in [4.78, 5) is 14.0. The number of carboxylic acids is 1. The number of fused-ring (bicyclic) bond motifs is 2. The second-order valence-electron chi connectivity index (χ2n) is 8.33. The molecule has 2 aromatic carbocycles. The van der Waals surface area contributed by atoms with Crippen molar-refractivity contribution in [2.75, 3.05) is 13.1 Å². The average Bonchev–Trinajstić information content (AvgIpc) is 2.91. The Labute approximate surface area is 186 Å². The van der Waals surface area contributed by atoms with Gasteiger partial charge in [0.15, 0.2) is 0 Å². The minimum Gasteiger partial charge on any atom is -0.480 e. The van der Waals surface area contributed by atoms with Crippen molar-refractivity contribution >= 4 is 23.9 Å². The molecule has 1 heterocycles. The fourth-order valence-corrected chi connectivity index (χ4v) is 4.98. The van der Waals surface area contributed by atoms with Gasteiger partial charge in [0.1, 0.15) is 6.04 Å². The van der Waals surface area contributed by atoms with Crippen molar-refractivity contribution in [3.63, 3.8) is 0 Å². The smallest absolute Gasteiger partial charge is 0.320 e. The van der Waals surface area contributed by atoms with Crippen molar-refractivity contribution in [2.24, 2.45) is 0 Å². The van der Waals surface area contributed by atoms with E-state index in [2.05, 4.69) is 60.4 Å². The van der Waals surface area contributed by atoms with Gasteiger partial charge < -0.3 is 5.11 Å². The monoisotopic (exact) mass is 425 g/mol. The van der Waals surface area contributed by atoms with E-state index in [1.807, 2.05) is 0 Å². The number of aryl methyl sites for hydroxylation is 2. The molecule has 1 N–H and O–H groups in total. The van der Waals surface area contributed by atoms with Crippen LogP contribution in [0.5, 0.6) is 0 Å². The summed E-state index contributed by atoms with van der Waals surface area (Å²) in [5.41, 5.74) is 8.51. The molecule has 2 aliphatic rings. The normalized spacial score (nSPS) is 17.4. The molecule has 160 valence electrons. The van der Waals surface area contributed by atoms with Gasteiger partial charge in [-0.15, -0.1) is 12.4 Å². The lowest BCUT2D eigenvalue weighted by molar-refractivity contribution is -0.143. The van der Waals surface area contributed by atoms with Crippen LogP contribution in [0.1, 0.15) is 61.3 Å². The summed E-state index contributed by atoms with van der Waals surface area (Å²) in [6.45, 7) is 3.80. The van der Waals surface area contributed by atoms with Gasteiger partial charge in [-0.25, -0.2) is 0 Å². The van der Waals surface area contributed by atoms with Crippen LogP contribution in [0.25, 0.3) is 5.57 Å². The van der Waals surface area contributed by atoms with Gasteiger partial charge >= 0.3 is 5.97 Å². The summed E-state index contributed by atoms with van der Waals surface area (Å²) in [6.07, 6.45) is 6.83. The zero-order valence-electron chi connectivity index (χ0n) is 17.8. The van der Waals surface area contributed by atoms with E-state index in [0.717, 1.165) is 58.0 Å². The molecular weight excluding hydrogens is 394 g/mol. The lowest BCUT2D eigenvalue weighted by Gasteiger charge is -2.34. The van der Waals surface area contributed by atoms with E-state index in [0.29, 0.717) is 0 Å². The zero-order valence-corrected chi connectivity index (χ0v) is 18.6. The maximum absolute atomic E-state index is 11.8. The highest BCUT2D eigenvalue weighted by atomic mass is 35.5. The van der Waals surface area contributed by atoms with Crippen LogP contribution in [0.2, 0.25) is 0 Å². The molecule has 4 rings (SSSR count). The number of unbranched alkanes of at least 4 members (excludes halogenated alkanes) is 1. The van der Waals surface area contributed by atoms with Gasteiger partial charge in [-0.05, 0) is 59.9 Å². The van der Waals surface area contributed by atoms with E-state index >= 15 is 0 Å². The van der Waals surface area contributed by atoms with Crippen LogP contribution in [-0.2, 0) is 17.6 Å². The minimum absolute atomic E-state index is 0. The highest BCUT2D eigenvalue weighted by molar-refractivity contribution is 5.86. The number of likely N-dealkylation sites (tertiary alicyclic amines) is 1. The Morgan fingerprint density at radius 1 is 0.933 bits per heavy atom. The Morgan fingerprint density at radius 2 is 1.47 bits per heavy atom. The summed E-state index contributed by atoms with van der Waals surface area (Å²) in [5.74, 6) is -0.667. The quantitative estimate of drug-likeness (QED) is 0.663. The van der Waals surface area contributed by atoms with Crippen LogP contribution in [-0.4, -0.2) is 35.1 Å². The van der Waals surface area contributed by atoms with Crippen LogP contribution in [0.4, 0.5) is 0 Å². The topological polar surface area (TPSA) is 40.5 Å². The zero-order chi connectivity index (χ0) is 20.2. The van der Waals surface area contributed by atoms with E-state index in [4.69, 9.17) is 0 Å². The SMILES string of the molecule is CCCCC(C(=O)O)N1CCC(=C2c3ccccc3CCc3ccccc32)CC1.Cl. The van der Waals surface area contributed by atoms with E-state index in [1.165, 1.54) is 33.4 Å². The fourth-order valence-electron chi connectivity index (χ4n) is 4.98. The third-order valence-corrected chi connectivity index (χ3v) is 6.55. The number of hydrogen-bond donors (Lipinski definition) is 1. The second-order valence-corrected chi connectivity index (χ2v) is 8.33. The number of benzene rings is 2. The van der Waals surface area contributed by atoms with Gasteiger partial charge in [-0.1, -0.05) is 73.9 Å². The first kappa shape index (κ1) is 22.6. The molecule has 1 aliphatic carbocycles. The molecule has 0 amide bonds. The summed E-state index contributed by atoms with van der Waals surface area (Å²) >= 11 is 0. The number of piperidine rings is 1. The van der Waals surface area contributed by atoms with Crippen LogP contribution < -0.4 is 0 Å². The number of carbonyl (C=O) groups is 1. The fraction of sp³-hybridized carbons (Fsp3) is 0.423. The Bertz CT molecular complexity index is 861. The number of nitrogens with zero attached hydrogens (tertiary/aromatic N) is 1. The van der Waals surface area contributed by atoms with Crippen LogP contribution in [0.3, 0.4) is 0 Å². The maximum Gasteiger partial charge on any atom is 0.320 e. The molecule has 1 saturated heterocycles. The molecule has 1 unspecified atom stereocenters. The third kappa shape index (κ3) is 4.63. The van der Waals surface area contributed by atoms with Crippen molar-refractivity contribution in [3.05, 3.63) is 76.4 Å². The average molecular weight is 426 g/mol. The predicted octanol–water partition coefficient (Wildman–Crippen LogP) is 5.75. The van der Waals surface area contributed by atoms with Crippen LogP contribution >= 0.6 is 12.4 Å². The molecular formula is C26H32ClNO2. The first-order chi connectivity index (χ1) is 14.2. The molecule has 0 aromatic heterocycles. The number of carboxylic acid groups (broad SMARTS) is 1. The summed E-state index contributed by atoms with van der Waals surface area (Å²) in [5, 5.41) is 9.71. The minimum atomic E-state index is -0.667. The molecule has 3 nitrogen and oxygen atoms in total. The molecule has 1 atom stereocenters. The molecule has 0 bridgehead atoms. The van der Waals surface area contributed by atoms with Crippen LogP contribution in [0.15, 0.2) is 54.1 Å². The Morgan fingerprint density at radius 3 is 1.97 bits per heavy atom. The van der Waals surface area contributed by atoms with Crippen molar-refractivity contribution in [1.29, 1.82) is 0 Å². The molecule has 0 radical (unpaired) electrons. The highest BCUT2D eigenvalue weighted by Gasteiger charge is 2.29. The molecule has 0 spiro atoms. The summed E-state index contributed by atoms with van der Waals surface area (Å²) in [7, 11) is 0. The van der Waals surface area contributed by atoms with Gasteiger partial charge in [0.25, 0.3) is 0 Å². The van der Waals surface area contributed by atoms with Crippen LogP contribution in [0, 0.1) is 0 Å². The van der Waals surface area contributed by atoms with Gasteiger partial charge in [-0.2, -0.15) is 0 Å². The predicted molar refractivity (Wildman–Crippen MR) is 125 cm³/mol. The summed E-state index contributed by atoms with van der Waals surface area (Å²) in [6, 6.07) is 17.3. The molecule has 1 fully saturated rings. The maximum atomic E-state index is 11.8. The standard InChI is InChI=1S/C26H31NO2.ClH/c1-2-3-12-24(26(28)29)27-17-15-21(16-18-27)25-22-10-6-4-8-19(22)13-14-20-9-5-7-11-23(20)25;/h4-11,24H,2-3,12-18H2,1H3,(H,28,29);1H. The Balaban J connectivity index is 0.00000256. The highest BCUT2D eigenvalue weighted by Crippen LogP contribution is 2.38. The van der Waals surface area contributed by atoms with Gasteiger partial charge in [0, 0.05) is 13.1 Å². The number of hydrogen-bond acceptors (Lipinski definition) is 2. The number of halogens is 1. The number of aliphatic carboxylic acids is 1. The first-order valence-corrected chi connectivity index (χ1v) is 11.0. The Hall–Kier alpha value is -2.10.